The van der Waals surface area contributed by atoms with Crippen LogP contribution in [0.25, 0.3) is 11.0 Å². The molecule has 4 rings (SSSR count). The van der Waals surface area contributed by atoms with Crippen LogP contribution in [0, 0.1) is 0 Å². The van der Waals surface area contributed by atoms with Crippen LogP contribution in [-0.2, 0) is 17.9 Å². The van der Waals surface area contributed by atoms with Gasteiger partial charge in [-0.05, 0) is 36.4 Å². The first kappa shape index (κ1) is 18.6. The summed E-state index contributed by atoms with van der Waals surface area (Å²) in [6.07, 6.45) is 0. The van der Waals surface area contributed by atoms with Gasteiger partial charge in [0.25, 0.3) is 0 Å². The zero-order valence-electron chi connectivity index (χ0n) is 16.0. The van der Waals surface area contributed by atoms with Crippen molar-refractivity contribution in [2.45, 2.75) is 13.2 Å². The molecule has 0 bridgehead atoms. The molecule has 6 nitrogen and oxygen atoms in total. The van der Waals surface area contributed by atoms with Gasteiger partial charge in [0, 0.05) is 0 Å². The molecule has 146 valence electrons. The average molecular weight is 387 g/mol. The SMILES string of the molecule is COc1ccccc1NC(=O)Cn1c(COc2ccccc2)nc2ccccc21. The molecule has 0 aliphatic rings. The van der Waals surface area contributed by atoms with E-state index in [1.807, 2.05) is 77.4 Å². The fourth-order valence-corrected chi connectivity index (χ4v) is 3.16. The van der Waals surface area contributed by atoms with Gasteiger partial charge in [-0.3, -0.25) is 4.79 Å². The molecule has 1 aromatic heterocycles. The van der Waals surface area contributed by atoms with Crippen molar-refractivity contribution in [3.63, 3.8) is 0 Å². The highest BCUT2D eigenvalue weighted by atomic mass is 16.5. The molecule has 0 saturated heterocycles. The highest BCUT2D eigenvalue weighted by Crippen LogP contribution is 2.24. The van der Waals surface area contributed by atoms with E-state index in [0.29, 0.717) is 17.3 Å². The average Bonchev–Trinajstić information content (AvgIpc) is 3.10. The van der Waals surface area contributed by atoms with Crippen LogP contribution in [-0.4, -0.2) is 22.6 Å². The number of nitrogens with one attached hydrogen (secondary N) is 1. The number of methoxy groups -OCH3 is 1. The molecule has 1 N–H and O–H groups in total. The summed E-state index contributed by atoms with van der Waals surface area (Å²) < 4.78 is 13.1. The first-order chi connectivity index (χ1) is 14.2. The summed E-state index contributed by atoms with van der Waals surface area (Å²) in [5, 5.41) is 2.91. The Kier molecular flexibility index (Phi) is 5.42. The van der Waals surface area contributed by atoms with Crippen LogP contribution < -0.4 is 14.8 Å². The van der Waals surface area contributed by atoms with Crippen molar-refractivity contribution in [3.05, 3.63) is 84.7 Å². The number of hydrogen-bond acceptors (Lipinski definition) is 4. The Morgan fingerprint density at radius 1 is 0.966 bits per heavy atom. The van der Waals surface area contributed by atoms with E-state index in [1.54, 1.807) is 13.2 Å². The zero-order chi connectivity index (χ0) is 20.1. The van der Waals surface area contributed by atoms with Gasteiger partial charge in [-0.1, -0.05) is 42.5 Å². The summed E-state index contributed by atoms with van der Waals surface area (Å²) in [7, 11) is 1.58. The summed E-state index contributed by atoms with van der Waals surface area (Å²) in [5.41, 5.74) is 2.34. The van der Waals surface area contributed by atoms with Crippen LogP contribution in [0.5, 0.6) is 11.5 Å². The molecule has 4 aromatic rings. The van der Waals surface area contributed by atoms with Crippen molar-refractivity contribution >= 4 is 22.6 Å². The van der Waals surface area contributed by atoms with E-state index in [1.165, 1.54) is 0 Å². The number of imidazole rings is 1. The van der Waals surface area contributed by atoms with Gasteiger partial charge in [-0.15, -0.1) is 0 Å². The van der Waals surface area contributed by atoms with E-state index >= 15 is 0 Å². The molecule has 0 aliphatic carbocycles. The molecule has 0 spiro atoms. The van der Waals surface area contributed by atoms with E-state index in [-0.39, 0.29) is 19.1 Å². The van der Waals surface area contributed by atoms with Gasteiger partial charge in [0.15, 0.2) is 0 Å². The molecule has 0 saturated carbocycles. The monoisotopic (exact) mass is 387 g/mol. The van der Waals surface area contributed by atoms with E-state index in [4.69, 9.17) is 9.47 Å². The fraction of sp³-hybridized carbons (Fsp3) is 0.130. The highest BCUT2D eigenvalue weighted by molar-refractivity contribution is 5.93. The number of ether oxygens (including phenoxy) is 2. The number of para-hydroxylation sites is 5. The Bertz CT molecular complexity index is 1120. The van der Waals surface area contributed by atoms with Gasteiger partial charge in [0.1, 0.15) is 30.5 Å². The van der Waals surface area contributed by atoms with Crippen LogP contribution in [0.1, 0.15) is 5.82 Å². The fourth-order valence-electron chi connectivity index (χ4n) is 3.16. The lowest BCUT2D eigenvalue weighted by atomic mass is 10.3. The highest BCUT2D eigenvalue weighted by Gasteiger charge is 2.15. The predicted molar refractivity (Wildman–Crippen MR) is 112 cm³/mol. The minimum Gasteiger partial charge on any atom is -0.495 e. The number of fused-ring (bicyclic) bond motifs is 1. The molecule has 1 heterocycles. The lowest BCUT2D eigenvalue weighted by Crippen LogP contribution is -2.21. The lowest BCUT2D eigenvalue weighted by molar-refractivity contribution is -0.116. The van der Waals surface area contributed by atoms with Crippen LogP contribution in [0.2, 0.25) is 0 Å². The summed E-state index contributed by atoms with van der Waals surface area (Å²) in [6, 6.07) is 24.6. The second-order valence-electron chi connectivity index (χ2n) is 6.45. The summed E-state index contributed by atoms with van der Waals surface area (Å²) in [4.78, 5) is 17.4. The van der Waals surface area contributed by atoms with E-state index in [0.717, 1.165) is 16.8 Å². The number of nitrogens with zero attached hydrogens (tertiary/aromatic N) is 2. The molecule has 0 aliphatic heterocycles. The Morgan fingerprint density at radius 2 is 1.69 bits per heavy atom. The topological polar surface area (TPSA) is 65.4 Å². The van der Waals surface area contributed by atoms with Gasteiger partial charge in [0.2, 0.25) is 5.91 Å². The number of carbonyl (C=O) groups is 1. The third-order valence-electron chi connectivity index (χ3n) is 4.53. The minimum absolute atomic E-state index is 0.117. The largest absolute Gasteiger partial charge is 0.495 e. The van der Waals surface area contributed by atoms with Gasteiger partial charge in [-0.25, -0.2) is 4.98 Å². The maximum atomic E-state index is 12.8. The van der Waals surface area contributed by atoms with Crippen molar-refractivity contribution in [3.8, 4) is 11.5 Å². The maximum absolute atomic E-state index is 12.8. The third kappa shape index (κ3) is 4.21. The molecule has 29 heavy (non-hydrogen) atoms. The third-order valence-corrected chi connectivity index (χ3v) is 4.53. The van der Waals surface area contributed by atoms with Crippen molar-refractivity contribution in [2.24, 2.45) is 0 Å². The summed E-state index contributed by atoms with van der Waals surface area (Å²) >= 11 is 0. The summed E-state index contributed by atoms with van der Waals surface area (Å²) in [5.74, 6) is 1.89. The van der Waals surface area contributed by atoms with Gasteiger partial charge < -0.3 is 19.4 Å². The van der Waals surface area contributed by atoms with Gasteiger partial charge in [-0.2, -0.15) is 0 Å². The smallest absolute Gasteiger partial charge is 0.244 e. The number of amides is 1. The normalized spacial score (nSPS) is 10.7. The van der Waals surface area contributed by atoms with Crippen LogP contribution in [0.15, 0.2) is 78.9 Å². The van der Waals surface area contributed by atoms with Crippen LogP contribution in [0.4, 0.5) is 5.69 Å². The van der Waals surface area contributed by atoms with Crippen molar-refractivity contribution in [1.82, 2.24) is 9.55 Å². The first-order valence-electron chi connectivity index (χ1n) is 9.29. The lowest BCUT2D eigenvalue weighted by Gasteiger charge is -2.12. The number of benzene rings is 3. The molecule has 6 heteroatoms. The standard InChI is InChI=1S/C23H21N3O3/c1-28-21-14-8-6-12-19(21)25-23(27)15-26-20-13-7-5-11-18(20)24-22(26)16-29-17-9-3-2-4-10-17/h2-14H,15-16H2,1H3,(H,25,27). The van der Waals surface area contributed by atoms with Crippen molar-refractivity contribution in [2.75, 3.05) is 12.4 Å². The Balaban J connectivity index is 1.57. The molecule has 0 unspecified atom stereocenters. The second-order valence-corrected chi connectivity index (χ2v) is 6.45. The Labute approximate surface area is 168 Å². The second kappa shape index (κ2) is 8.48. The van der Waals surface area contributed by atoms with Crippen molar-refractivity contribution < 1.29 is 14.3 Å². The number of rotatable bonds is 7. The molecular weight excluding hydrogens is 366 g/mol. The molecule has 1 amide bonds. The Morgan fingerprint density at radius 3 is 2.52 bits per heavy atom. The summed E-state index contributed by atoms with van der Waals surface area (Å²) in [6.45, 7) is 0.382. The molecule has 0 radical (unpaired) electrons. The van der Waals surface area contributed by atoms with Crippen LogP contribution in [0.3, 0.4) is 0 Å². The van der Waals surface area contributed by atoms with Gasteiger partial charge in [0.05, 0.1) is 23.8 Å². The number of aromatic nitrogens is 2. The number of anilines is 1. The Hall–Kier alpha value is -3.80. The first-order valence-corrected chi connectivity index (χ1v) is 9.29. The van der Waals surface area contributed by atoms with E-state index < -0.39 is 0 Å². The van der Waals surface area contributed by atoms with E-state index in [2.05, 4.69) is 10.3 Å². The molecular formula is C23H21N3O3. The van der Waals surface area contributed by atoms with Crippen LogP contribution >= 0.6 is 0 Å². The van der Waals surface area contributed by atoms with Crippen molar-refractivity contribution in [1.29, 1.82) is 0 Å². The maximum Gasteiger partial charge on any atom is 0.244 e. The van der Waals surface area contributed by atoms with Gasteiger partial charge >= 0.3 is 0 Å². The predicted octanol–water partition coefficient (Wildman–Crippen LogP) is 4.26. The molecule has 3 aromatic carbocycles. The van der Waals surface area contributed by atoms with E-state index in [9.17, 15) is 4.79 Å². The minimum atomic E-state index is -0.168. The quantitative estimate of drug-likeness (QED) is 0.515. The zero-order valence-corrected chi connectivity index (χ0v) is 16.0. The molecule has 0 atom stereocenters. The number of carbonyl (C=O) groups excluding carboxylic acids is 1. The molecule has 0 fully saturated rings. The number of hydrogen-bond donors (Lipinski definition) is 1.